The van der Waals surface area contributed by atoms with E-state index in [-0.39, 0.29) is 22.7 Å². The molecule has 1 aliphatic heterocycles. The van der Waals surface area contributed by atoms with Crippen LogP contribution in [0.3, 0.4) is 0 Å². The van der Waals surface area contributed by atoms with Gasteiger partial charge in [-0.3, -0.25) is 4.90 Å². The molecule has 1 fully saturated rings. The number of aliphatic imine (C=N–C) groups is 2. The molecule has 1 spiro atoms. The topological polar surface area (TPSA) is 194 Å². The molecule has 4 N–H and O–H groups in total. The first-order chi connectivity index (χ1) is 14.4. The van der Waals surface area contributed by atoms with Crippen LogP contribution >= 0.6 is 0 Å². The Labute approximate surface area is 179 Å². The minimum absolute atomic E-state index is 0.0145. The Morgan fingerprint density at radius 3 is 2.23 bits per heavy atom. The van der Waals surface area contributed by atoms with Crippen molar-refractivity contribution in [1.82, 2.24) is 0 Å². The molecule has 31 heavy (non-hydrogen) atoms. The van der Waals surface area contributed by atoms with Gasteiger partial charge >= 0.3 is 0 Å². The van der Waals surface area contributed by atoms with Crippen LogP contribution in [-0.2, 0) is 20.2 Å². The lowest BCUT2D eigenvalue weighted by Crippen LogP contribution is -2.58. The summed E-state index contributed by atoms with van der Waals surface area (Å²) >= 11 is 0. The van der Waals surface area contributed by atoms with Crippen LogP contribution in [0.5, 0.6) is 0 Å². The van der Waals surface area contributed by atoms with E-state index in [0.29, 0.717) is 24.6 Å². The number of fused-ring (bicyclic) bond motifs is 1. The van der Waals surface area contributed by atoms with Crippen LogP contribution in [0.1, 0.15) is 32.1 Å². The average molecular weight is 466 g/mol. The van der Waals surface area contributed by atoms with Crippen molar-refractivity contribution in [1.29, 1.82) is 0 Å². The van der Waals surface area contributed by atoms with Gasteiger partial charge in [-0.1, -0.05) is 12.5 Å². The van der Waals surface area contributed by atoms with Crippen molar-refractivity contribution >= 4 is 48.6 Å². The molecule has 1 aliphatic carbocycles. The fraction of sp³-hybridized carbons (Fsp3) is 0.333. The first kappa shape index (κ1) is 21.5. The maximum Gasteiger partial charge on any atom is 0.220 e. The van der Waals surface area contributed by atoms with Gasteiger partial charge in [-0.2, -0.15) is 4.99 Å². The standard InChI is InChI=1S/C18H21N5O6S2/c19-16-21-17(20)23(18(22-16)6-2-1-3-7-18)12-4-5-14-11(8-12)9-13(30(24,25)26)10-15(14)31(27,28)29/h4-5,8-10H,1-3,6-7H2,(H,24,25,26)(H,27,28,29)(H4,19,20,21,22)/p-2. The Hall–Kier alpha value is -2.74. The van der Waals surface area contributed by atoms with Crippen LogP contribution < -0.4 is 16.4 Å². The zero-order valence-electron chi connectivity index (χ0n) is 16.2. The third-order valence-corrected chi connectivity index (χ3v) is 7.23. The number of hydrogen-bond donors (Lipinski definition) is 2. The Balaban J connectivity index is 1.96. The monoisotopic (exact) mass is 465 g/mol. The molecule has 2 aliphatic rings. The van der Waals surface area contributed by atoms with Gasteiger partial charge in [0.1, 0.15) is 25.9 Å². The smallest absolute Gasteiger partial charge is 0.220 e. The molecular weight excluding hydrogens is 446 g/mol. The third-order valence-electron chi connectivity index (χ3n) is 5.54. The minimum atomic E-state index is -5.05. The van der Waals surface area contributed by atoms with Gasteiger partial charge in [0.25, 0.3) is 0 Å². The molecule has 2 aromatic rings. The van der Waals surface area contributed by atoms with E-state index in [9.17, 15) is 25.9 Å². The molecule has 0 amide bonds. The first-order valence-corrected chi connectivity index (χ1v) is 12.2. The summed E-state index contributed by atoms with van der Waals surface area (Å²) in [6.45, 7) is 0. The summed E-state index contributed by atoms with van der Waals surface area (Å²) in [5.74, 6) is 0.133. The SMILES string of the molecule is NC1=NC2(CCCCC2)N(c2ccc3c(S(=O)(=O)[O-])cc(S(=O)(=O)[O-])cc3c2)C(N)=N1. The van der Waals surface area contributed by atoms with Crippen molar-refractivity contribution in [2.45, 2.75) is 47.6 Å². The van der Waals surface area contributed by atoms with E-state index in [1.807, 2.05) is 0 Å². The number of hydrogen-bond acceptors (Lipinski definition) is 11. The second-order valence-electron chi connectivity index (χ2n) is 7.55. The fourth-order valence-corrected chi connectivity index (χ4v) is 5.62. The Kier molecular flexibility index (Phi) is 4.96. The van der Waals surface area contributed by atoms with E-state index in [0.717, 1.165) is 25.3 Å². The molecule has 0 bridgehead atoms. The van der Waals surface area contributed by atoms with Gasteiger partial charge in [0.05, 0.1) is 9.79 Å². The van der Waals surface area contributed by atoms with Gasteiger partial charge < -0.3 is 20.6 Å². The number of guanidine groups is 2. The van der Waals surface area contributed by atoms with Gasteiger partial charge in [0, 0.05) is 5.69 Å². The molecule has 166 valence electrons. The summed E-state index contributed by atoms with van der Waals surface area (Å²) < 4.78 is 69.7. The number of nitrogens with zero attached hydrogens (tertiary/aromatic N) is 3. The van der Waals surface area contributed by atoms with Crippen molar-refractivity contribution in [2.24, 2.45) is 21.5 Å². The lowest BCUT2D eigenvalue weighted by atomic mass is 9.87. The van der Waals surface area contributed by atoms with Crippen LogP contribution in [0.2, 0.25) is 0 Å². The largest absolute Gasteiger partial charge is 0.744 e. The molecule has 0 atom stereocenters. The number of rotatable bonds is 3. The van der Waals surface area contributed by atoms with Gasteiger partial charge in [-0.15, -0.1) is 0 Å². The lowest BCUT2D eigenvalue weighted by molar-refractivity contribution is 0.305. The van der Waals surface area contributed by atoms with Crippen LogP contribution in [0, 0.1) is 0 Å². The van der Waals surface area contributed by atoms with Crippen molar-refractivity contribution in [3.63, 3.8) is 0 Å². The highest BCUT2D eigenvalue weighted by atomic mass is 32.2. The molecule has 13 heteroatoms. The fourth-order valence-electron chi connectivity index (χ4n) is 4.28. The van der Waals surface area contributed by atoms with Crippen molar-refractivity contribution in [3.05, 3.63) is 30.3 Å². The summed E-state index contributed by atoms with van der Waals surface area (Å²) in [4.78, 5) is 8.64. The van der Waals surface area contributed by atoms with Crippen LogP contribution in [0.25, 0.3) is 10.8 Å². The van der Waals surface area contributed by atoms with E-state index in [4.69, 9.17) is 11.5 Å². The summed E-state index contributed by atoms with van der Waals surface area (Å²) in [7, 11) is -10.1. The molecular formula is C18H19N5O6S2-2. The normalized spacial score (nSPS) is 19.4. The lowest BCUT2D eigenvalue weighted by Gasteiger charge is -2.45. The van der Waals surface area contributed by atoms with E-state index in [1.165, 1.54) is 18.2 Å². The summed E-state index contributed by atoms with van der Waals surface area (Å²) in [6, 6.07) is 5.96. The highest BCUT2D eigenvalue weighted by molar-refractivity contribution is 7.86. The zero-order valence-corrected chi connectivity index (χ0v) is 17.8. The molecule has 1 heterocycles. The van der Waals surface area contributed by atoms with E-state index in [1.54, 1.807) is 4.90 Å². The van der Waals surface area contributed by atoms with Crippen LogP contribution in [0.4, 0.5) is 5.69 Å². The molecule has 2 aromatic carbocycles. The summed E-state index contributed by atoms with van der Waals surface area (Å²) in [5, 5.41) is 0.0597. The van der Waals surface area contributed by atoms with Crippen molar-refractivity contribution < 1.29 is 25.9 Å². The first-order valence-electron chi connectivity index (χ1n) is 9.40. The maximum absolute atomic E-state index is 11.7. The number of benzene rings is 2. The van der Waals surface area contributed by atoms with Gasteiger partial charge in [-0.05, 0) is 60.7 Å². The Bertz CT molecular complexity index is 1340. The number of nitrogens with two attached hydrogens (primary N) is 2. The molecule has 0 radical (unpaired) electrons. The molecule has 0 saturated heterocycles. The highest BCUT2D eigenvalue weighted by Gasteiger charge is 2.42. The van der Waals surface area contributed by atoms with E-state index in [2.05, 4.69) is 9.98 Å². The van der Waals surface area contributed by atoms with Crippen molar-refractivity contribution in [2.75, 3.05) is 4.90 Å². The molecule has 4 rings (SSSR count). The highest BCUT2D eigenvalue weighted by Crippen LogP contribution is 2.40. The third kappa shape index (κ3) is 3.84. The van der Waals surface area contributed by atoms with Gasteiger partial charge in [0.15, 0.2) is 0 Å². The van der Waals surface area contributed by atoms with E-state index >= 15 is 0 Å². The van der Waals surface area contributed by atoms with Crippen LogP contribution in [0.15, 0.2) is 50.1 Å². The Morgan fingerprint density at radius 2 is 1.61 bits per heavy atom. The molecule has 1 saturated carbocycles. The Morgan fingerprint density at radius 1 is 0.935 bits per heavy atom. The van der Waals surface area contributed by atoms with Gasteiger partial charge in [0.2, 0.25) is 11.9 Å². The predicted octanol–water partition coefficient (Wildman–Crippen LogP) is 0.758. The molecule has 0 unspecified atom stereocenters. The van der Waals surface area contributed by atoms with Crippen LogP contribution in [-0.4, -0.2) is 43.5 Å². The predicted molar refractivity (Wildman–Crippen MR) is 111 cm³/mol. The summed E-state index contributed by atoms with van der Waals surface area (Å²) in [5.41, 5.74) is 11.7. The quantitative estimate of drug-likeness (QED) is 0.615. The average Bonchev–Trinajstić information content (AvgIpc) is 2.65. The second-order valence-corrected chi connectivity index (χ2v) is 10.3. The summed E-state index contributed by atoms with van der Waals surface area (Å²) in [6.07, 6.45) is 4.08. The molecule has 0 aromatic heterocycles. The minimum Gasteiger partial charge on any atom is -0.744 e. The van der Waals surface area contributed by atoms with Crippen molar-refractivity contribution in [3.8, 4) is 0 Å². The number of anilines is 1. The maximum atomic E-state index is 11.7. The molecule has 11 nitrogen and oxygen atoms in total. The zero-order chi connectivity index (χ0) is 22.6. The second kappa shape index (κ2) is 7.15. The van der Waals surface area contributed by atoms with Gasteiger partial charge in [-0.25, -0.2) is 21.8 Å². The van der Waals surface area contributed by atoms with E-state index < -0.39 is 35.7 Å².